The number of nitrogens with zero attached hydrogens (tertiary/aromatic N) is 5. The zero-order valence-corrected chi connectivity index (χ0v) is 19.6. The van der Waals surface area contributed by atoms with E-state index in [-0.39, 0.29) is 18.6 Å². The SMILES string of the molecule is COc1cc(C(C2Sc3nc(C)nn3C2=O)N2CCN(CCO)CC2)cc(OC)c1OC. The summed E-state index contributed by atoms with van der Waals surface area (Å²) < 4.78 is 18.1. The van der Waals surface area contributed by atoms with Crippen LogP contribution in [0.2, 0.25) is 0 Å². The minimum atomic E-state index is -0.405. The van der Waals surface area contributed by atoms with Crippen LogP contribution >= 0.6 is 11.8 Å². The Morgan fingerprint density at radius 1 is 1.12 bits per heavy atom. The number of aliphatic hydroxyl groups is 1. The summed E-state index contributed by atoms with van der Waals surface area (Å²) in [5.74, 6) is 2.12. The Balaban J connectivity index is 1.72. The van der Waals surface area contributed by atoms with Gasteiger partial charge in [0.2, 0.25) is 5.75 Å². The molecule has 2 aromatic rings. The van der Waals surface area contributed by atoms with Crippen molar-refractivity contribution in [2.75, 3.05) is 60.7 Å². The third-order valence-corrected chi connectivity index (χ3v) is 7.09. The number of rotatable bonds is 8. The highest BCUT2D eigenvalue weighted by molar-refractivity contribution is 8.00. The molecule has 2 aliphatic heterocycles. The zero-order chi connectivity index (χ0) is 22.8. The van der Waals surface area contributed by atoms with Gasteiger partial charge in [0.25, 0.3) is 5.91 Å². The van der Waals surface area contributed by atoms with Gasteiger partial charge in [0.15, 0.2) is 16.7 Å². The van der Waals surface area contributed by atoms with Crippen molar-refractivity contribution in [1.29, 1.82) is 0 Å². The van der Waals surface area contributed by atoms with Crippen molar-refractivity contribution >= 4 is 17.7 Å². The maximum absolute atomic E-state index is 13.3. The number of carbonyl (C=O) groups is 1. The van der Waals surface area contributed by atoms with Crippen molar-refractivity contribution in [3.05, 3.63) is 23.5 Å². The Morgan fingerprint density at radius 3 is 2.31 bits per heavy atom. The summed E-state index contributed by atoms with van der Waals surface area (Å²) in [4.78, 5) is 22.3. The van der Waals surface area contributed by atoms with Gasteiger partial charge in [0, 0.05) is 32.7 Å². The van der Waals surface area contributed by atoms with Crippen LogP contribution in [0.15, 0.2) is 17.3 Å². The Hall–Kier alpha value is -2.34. The van der Waals surface area contributed by atoms with E-state index in [9.17, 15) is 9.90 Å². The van der Waals surface area contributed by atoms with Crippen LogP contribution in [0.3, 0.4) is 0 Å². The number of benzene rings is 1. The van der Waals surface area contributed by atoms with Crippen LogP contribution < -0.4 is 14.2 Å². The number of aromatic nitrogens is 3. The van der Waals surface area contributed by atoms with Crippen molar-refractivity contribution in [1.82, 2.24) is 24.6 Å². The highest BCUT2D eigenvalue weighted by Gasteiger charge is 2.44. The summed E-state index contributed by atoms with van der Waals surface area (Å²) in [7, 11) is 4.74. The van der Waals surface area contributed by atoms with E-state index in [1.807, 2.05) is 12.1 Å². The second kappa shape index (κ2) is 9.65. The lowest BCUT2D eigenvalue weighted by Crippen LogP contribution is -2.51. The molecule has 0 bridgehead atoms. The van der Waals surface area contributed by atoms with Crippen LogP contribution in [-0.4, -0.2) is 101 Å². The van der Waals surface area contributed by atoms with Crippen LogP contribution in [-0.2, 0) is 0 Å². The molecule has 2 aliphatic rings. The molecule has 4 rings (SSSR count). The van der Waals surface area contributed by atoms with Gasteiger partial charge < -0.3 is 19.3 Å². The van der Waals surface area contributed by atoms with Crippen LogP contribution in [0.4, 0.5) is 0 Å². The van der Waals surface area contributed by atoms with Gasteiger partial charge in [0.1, 0.15) is 11.1 Å². The number of ether oxygens (including phenoxy) is 3. The monoisotopic (exact) mass is 463 g/mol. The van der Waals surface area contributed by atoms with E-state index in [4.69, 9.17) is 14.2 Å². The smallest absolute Gasteiger partial charge is 0.264 e. The molecular formula is C21H29N5O5S. The Kier molecular flexibility index (Phi) is 6.89. The topological polar surface area (TPSA) is 102 Å². The minimum absolute atomic E-state index is 0.0814. The van der Waals surface area contributed by atoms with Crippen molar-refractivity contribution in [2.24, 2.45) is 0 Å². The number of thioether (sulfide) groups is 1. The number of fused-ring (bicyclic) bond motifs is 1. The number of hydrogen-bond donors (Lipinski definition) is 1. The molecule has 1 saturated heterocycles. The van der Waals surface area contributed by atoms with Gasteiger partial charge >= 0.3 is 0 Å². The van der Waals surface area contributed by atoms with E-state index < -0.39 is 5.25 Å². The summed E-state index contributed by atoms with van der Waals surface area (Å²) in [6.45, 7) is 5.73. The van der Waals surface area contributed by atoms with Crippen molar-refractivity contribution in [2.45, 2.75) is 23.4 Å². The molecular weight excluding hydrogens is 434 g/mol. The molecule has 2 atom stereocenters. The molecule has 1 N–H and O–H groups in total. The number of aliphatic hydroxyl groups excluding tert-OH is 1. The predicted octanol–water partition coefficient (Wildman–Crippen LogP) is 1.08. The van der Waals surface area contributed by atoms with E-state index in [1.54, 1.807) is 28.3 Å². The Morgan fingerprint density at radius 2 is 1.78 bits per heavy atom. The molecule has 0 aliphatic carbocycles. The largest absolute Gasteiger partial charge is 0.493 e. The average Bonchev–Trinajstić information content (AvgIpc) is 3.31. The molecule has 174 valence electrons. The number of piperazine rings is 1. The first-order valence-electron chi connectivity index (χ1n) is 10.5. The summed E-state index contributed by atoms with van der Waals surface area (Å²) in [6, 6.07) is 3.60. The van der Waals surface area contributed by atoms with Gasteiger partial charge in [-0.1, -0.05) is 11.8 Å². The van der Waals surface area contributed by atoms with Gasteiger partial charge in [0.05, 0.1) is 34.0 Å². The van der Waals surface area contributed by atoms with Crippen molar-refractivity contribution < 1.29 is 24.1 Å². The lowest BCUT2D eigenvalue weighted by molar-refractivity contribution is 0.0687. The molecule has 10 nitrogen and oxygen atoms in total. The fourth-order valence-corrected chi connectivity index (χ4v) is 5.66. The molecule has 32 heavy (non-hydrogen) atoms. The van der Waals surface area contributed by atoms with E-state index in [1.165, 1.54) is 16.4 Å². The number of aryl methyl sites for hydroxylation is 1. The van der Waals surface area contributed by atoms with Gasteiger partial charge in [-0.2, -0.15) is 4.68 Å². The first-order valence-corrected chi connectivity index (χ1v) is 11.4. The maximum Gasteiger partial charge on any atom is 0.264 e. The minimum Gasteiger partial charge on any atom is -0.493 e. The average molecular weight is 464 g/mol. The molecule has 2 unspecified atom stereocenters. The van der Waals surface area contributed by atoms with Crippen molar-refractivity contribution in [3.63, 3.8) is 0 Å². The predicted molar refractivity (Wildman–Crippen MR) is 119 cm³/mol. The lowest BCUT2D eigenvalue weighted by Gasteiger charge is -2.40. The Bertz CT molecular complexity index is 950. The molecule has 1 aromatic carbocycles. The summed E-state index contributed by atoms with van der Waals surface area (Å²) in [5.41, 5.74) is 0.906. The molecule has 1 fully saturated rings. The third-order valence-electron chi connectivity index (χ3n) is 5.90. The van der Waals surface area contributed by atoms with Gasteiger partial charge in [-0.15, -0.1) is 5.10 Å². The normalized spacial score (nSPS) is 20.3. The van der Waals surface area contributed by atoms with Gasteiger partial charge in [-0.3, -0.25) is 14.6 Å². The van der Waals surface area contributed by atoms with Crippen molar-refractivity contribution in [3.8, 4) is 17.2 Å². The fourth-order valence-electron chi connectivity index (χ4n) is 4.36. The first kappa shape index (κ1) is 22.8. The number of methoxy groups -OCH3 is 3. The summed E-state index contributed by atoms with van der Waals surface area (Å²) >= 11 is 1.44. The molecule has 0 spiro atoms. The molecule has 11 heteroatoms. The third kappa shape index (κ3) is 4.17. The first-order chi connectivity index (χ1) is 15.5. The van der Waals surface area contributed by atoms with E-state index in [0.29, 0.717) is 34.8 Å². The number of hydrogen-bond acceptors (Lipinski definition) is 10. The highest BCUT2D eigenvalue weighted by Crippen LogP contribution is 2.46. The van der Waals surface area contributed by atoms with Gasteiger partial charge in [-0.05, 0) is 24.6 Å². The molecule has 0 amide bonds. The Labute approximate surface area is 191 Å². The standard InChI is InChI=1S/C21H29N5O5S/c1-13-22-21-26(23-13)20(28)19(32-21)17(25-7-5-24(6-8-25)9-10-27)14-11-15(29-2)18(31-4)16(12-14)30-3/h11-12,17,19,27H,5-10H2,1-4H3. The molecule has 0 radical (unpaired) electrons. The van der Waals surface area contributed by atoms with Gasteiger partial charge in [-0.25, -0.2) is 4.98 Å². The van der Waals surface area contributed by atoms with E-state index >= 15 is 0 Å². The van der Waals surface area contributed by atoms with Crippen LogP contribution in [0.5, 0.6) is 17.2 Å². The van der Waals surface area contributed by atoms with Crippen LogP contribution in [0, 0.1) is 6.92 Å². The second-order valence-corrected chi connectivity index (χ2v) is 8.84. The maximum atomic E-state index is 13.3. The fraction of sp³-hybridized carbons (Fsp3) is 0.571. The molecule has 0 saturated carbocycles. The number of β-amino-alcohol motifs (C(OH)–C–C–N with tert-alkyl or cyclic N) is 1. The quantitative estimate of drug-likeness (QED) is 0.612. The number of carbonyl (C=O) groups excluding carboxylic acids is 1. The second-order valence-electron chi connectivity index (χ2n) is 7.73. The van der Waals surface area contributed by atoms with Crippen LogP contribution in [0.1, 0.15) is 22.2 Å². The molecule has 3 heterocycles. The lowest BCUT2D eigenvalue weighted by atomic mass is 9.98. The summed E-state index contributed by atoms with van der Waals surface area (Å²) in [6.07, 6.45) is 0. The van der Waals surface area contributed by atoms with E-state index in [2.05, 4.69) is 19.9 Å². The van der Waals surface area contributed by atoms with E-state index in [0.717, 1.165) is 31.7 Å². The highest BCUT2D eigenvalue weighted by atomic mass is 32.2. The molecule has 1 aromatic heterocycles. The summed E-state index contributed by atoms with van der Waals surface area (Å²) in [5, 5.41) is 13.8. The zero-order valence-electron chi connectivity index (χ0n) is 18.8. The van der Waals surface area contributed by atoms with Crippen LogP contribution in [0.25, 0.3) is 0 Å².